The van der Waals surface area contributed by atoms with Crippen LogP contribution in [0.25, 0.3) is 0 Å². The molecule has 0 unspecified atom stereocenters. The first-order chi connectivity index (χ1) is 8.95. The third-order valence-corrected chi connectivity index (χ3v) is 2.76. The van der Waals surface area contributed by atoms with Gasteiger partial charge in [0.15, 0.2) is 0 Å². The zero-order valence-corrected chi connectivity index (χ0v) is 11.5. The fraction of sp³-hybridized carbons (Fsp3) is 0.667. The topological polar surface area (TPSA) is 79.3 Å². The normalized spacial score (nSPS) is 15.0. The number of esters is 1. The van der Waals surface area contributed by atoms with Gasteiger partial charge in [-0.1, -0.05) is 0 Å². The highest BCUT2D eigenvalue weighted by atomic mass is 16.5. The molecule has 0 N–H and O–H groups in total. The molecule has 7 heteroatoms. The number of hydrazone groups is 1. The number of nitrogens with zero attached hydrogens (tertiary/aromatic N) is 3. The van der Waals surface area contributed by atoms with E-state index in [9.17, 15) is 14.4 Å². The van der Waals surface area contributed by atoms with Gasteiger partial charge in [0.2, 0.25) is 5.91 Å². The Hall–Kier alpha value is -1.92. The summed E-state index contributed by atoms with van der Waals surface area (Å²) < 4.78 is 4.79. The predicted molar refractivity (Wildman–Crippen MR) is 68.3 cm³/mol. The van der Waals surface area contributed by atoms with Gasteiger partial charge in [-0.25, -0.2) is 5.01 Å². The van der Waals surface area contributed by atoms with Gasteiger partial charge < -0.3 is 9.64 Å². The molecule has 0 fully saturated rings. The molecule has 0 aromatic carbocycles. The molecule has 1 rings (SSSR count). The summed E-state index contributed by atoms with van der Waals surface area (Å²) in [4.78, 5) is 35.9. The molecule has 7 nitrogen and oxygen atoms in total. The van der Waals surface area contributed by atoms with Crippen molar-refractivity contribution in [2.45, 2.75) is 26.2 Å². The highest BCUT2D eigenvalue weighted by molar-refractivity contribution is 6.39. The molecular weight excluding hydrogens is 250 g/mol. The summed E-state index contributed by atoms with van der Waals surface area (Å²) in [6.07, 6.45) is 0.774. The Morgan fingerprint density at radius 2 is 2.11 bits per heavy atom. The largest absolute Gasteiger partial charge is 0.466 e. The Bertz CT molecular complexity index is 406. The first kappa shape index (κ1) is 15.1. The van der Waals surface area contributed by atoms with Gasteiger partial charge in [0.25, 0.3) is 5.91 Å². The highest BCUT2D eigenvalue weighted by Gasteiger charge is 2.24. The fourth-order valence-electron chi connectivity index (χ4n) is 1.64. The molecule has 0 bridgehead atoms. The van der Waals surface area contributed by atoms with E-state index in [1.54, 1.807) is 14.0 Å². The van der Waals surface area contributed by atoms with E-state index < -0.39 is 0 Å². The quantitative estimate of drug-likeness (QED) is 0.658. The average molecular weight is 269 g/mol. The van der Waals surface area contributed by atoms with Crippen molar-refractivity contribution in [2.24, 2.45) is 5.10 Å². The lowest BCUT2D eigenvalue weighted by Gasteiger charge is -2.22. The van der Waals surface area contributed by atoms with Crippen molar-refractivity contribution in [1.29, 1.82) is 0 Å². The summed E-state index contributed by atoms with van der Waals surface area (Å²) in [7, 11) is 3.12. The number of ether oxygens (including phenoxy) is 1. The summed E-state index contributed by atoms with van der Waals surface area (Å²) in [5, 5.41) is 5.12. The molecule has 0 atom stereocenters. The van der Waals surface area contributed by atoms with Crippen LogP contribution in [0.1, 0.15) is 26.2 Å². The van der Waals surface area contributed by atoms with Crippen LogP contribution in [-0.4, -0.2) is 60.7 Å². The van der Waals surface area contributed by atoms with Crippen molar-refractivity contribution in [3.05, 3.63) is 0 Å². The van der Waals surface area contributed by atoms with Gasteiger partial charge in [-0.3, -0.25) is 14.4 Å². The number of rotatable bonds is 5. The second-order valence-corrected chi connectivity index (χ2v) is 4.25. The molecule has 1 aliphatic rings. The maximum Gasteiger partial charge on any atom is 0.307 e. The smallest absolute Gasteiger partial charge is 0.307 e. The summed E-state index contributed by atoms with van der Waals surface area (Å²) in [5.74, 6) is -0.700. The van der Waals surface area contributed by atoms with Crippen molar-refractivity contribution < 1.29 is 19.1 Å². The second kappa shape index (κ2) is 6.86. The highest BCUT2D eigenvalue weighted by Crippen LogP contribution is 2.09. The van der Waals surface area contributed by atoms with Gasteiger partial charge in [-0.2, -0.15) is 5.10 Å². The molecule has 1 heterocycles. The monoisotopic (exact) mass is 269 g/mol. The van der Waals surface area contributed by atoms with E-state index in [1.807, 2.05) is 0 Å². The van der Waals surface area contributed by atoms with Gasteiger partial charge in [-0.05, 0) is 6.92 Å². The van der Waals surface area contributed by atoms with E-state index in [0.29, 0.717) is 18.7 Å². The molecule has 1 aliphatic heterocycles. The molecule has 0 aliphatic carbocycles. The van der Waals surface area contributed by atoms with Crippen LogP contribution in [0.5, 0.6) is 0 Å². The Kier molecular flexibility index (Phi) is 5.47. The zero-order chi connectivity index (χ0) is 14.4. The van der Waals surface area contributed by atoms with Crippen LogP contribution in [0.3, 0.4) is 0 Å². The van der Waals surface area contributed by atoms with Gasteiger partial charge in [0.05, 0.1) is 13.0 Å². The average Bonchev–Trinajstić information content (AvgIpc) is 2.38. The Morgan fingerprint density at radius 3 is 2.68 bits per heavy atom. The van der Waals surface area contributed by atoms with E-state index in [1.165, 1.54) is 17.0 Å². The van der Waals surface area contributed by atoms with Crippen molar-refractivity contribution in [1.82, 2.24) is 9.91 Å². The van der Waals surface area contributed by atoms with Crippen molar-refractivity contribution in [3.8, 4) is 0 Å². The SMILES string of the molecule is CCOC(=O)CCN(C)C(=O)C1=NN(C)C(=O)CC1. The first-order valence-electron chi connectivity index (χ1n) is 6.20. The standard InChI is InChI=1S/C12H19N3O4/c1-4-19-11(17)7-8-14(2)12(18)9-5-6-10(16)15(3)13-9/h4-8H2,1-3H3. The van der Waals surface area contributed by atoms with Crippen LogP contribution in [0.15, 0.2) is 5.10 Å². The molecule has 106 valence electrons. The summed E-state index contributed by atoms with van der Waals surface area (Å²) >= 11 is 0. The first-order valence-corrected chi connectivity index (χ1v) is 6.20. The molecule has 19 heavy (non-hydrogen) atoms. The van der Waals surface area contributed by atoms with Crippen LogP contribution in [-0.2, 0) is 19.1 Å². The number of hydrogen-bond acceptors (Lipinski definition) is 5. The Morgan fingerprint density at radius 1 is 1.42 bits per heavy atom. The number of carbonyl (C=O) groups excluding carboxylic acids is 3. The van der Waals surface area contributed by atoms with E-state index in [4.69, 9.17) is 4.74 Å². The van der Waals surface area contributed by atoms with Gasteiger partial charge in [-0.15, -0.1) is 0 Å². The van der Waals surface area contributed by atoms with Crippen LogP contribution in [0.4, 0.5) is 0 Å². The molecule has 0 radical (unpaired) electrons. The predicted octanol–water partition coefficient (Wildman–Crippen LogP) is 0.00620. The van der Waals surface area contributed by atoms with E-state index in [-0.39, 0.29) is 37.2 Å². The maximum absolute atomic E-state index is 12.0. The van der Waals surface area contributed by atoms with Gasteiger partial charge in [0.1, 0.15) is 5.71 Å². The lowest BCUT2D eigenvalue weighted by Crippen LogP contribution is -2.39. The molecule has 0 spiro atoms. The maximum atomic E-state index is 12.0. The number of carbonyl (C=O) groups is 3. The summed E-state index contributed by atoms with van der Waals surface area (Å²) in [6.45, 7) is 2.33. The minimum atomic E-state index is -0.333. The van der Waals surface area contributed by atoms with Crippen LogP contribution < -0.4 is 0 Å². The Labute approximate surface area is 112 Å². The zero-order valence-electron chi connectivity index (χ0n) is 11.5. The fourth-order valence-corrected chi connectivity index (χ4v) is 1.64. The molecule has 2 amide bonds. The van der Waals surface area contributed by atoms with Crippen LogP contribution in [0, 0.1) is 0 Å². The summed E-state index contributed by atoms with van der Waals surface area (Å²) in [5.41, 5.74) is 0.341. The number of hydrogen-bond donors (Lipinski definition) is 0. The molecule has 0 aromatic heterocycles. The van der Waals surface area contributed by atoms with Crippen molar-refractivity contribution in [3.63, 3.8) is 0 Å². The minimum absolute atomic E-state index is 0.106. The van der Waals surface area contributed by atoms with E-state index in [2.05, 4.69) is 5.10 Å². The Balaban J connectivity index is 2.51. The lowest BCUT2D eigenvalue weighted by atomic mass is 10.1. The van der Waals surface area contributed by atoms with Gasteiger partial charge >= 0.3 is 5.97 Å². The second-order valence-electron chi connectivity index (χ2n) is 4.25. The third-order valence-electron chi connectivity index (χ3n) is 2.76. The van der Waals surface area contributed by atoms with E-state index >= 15 is 0 Å². The van der Waals surface area contributed by atoms with Crippen LogP contribution >= 0.6 is 0 Å². The molecule has 0 saturated carbocycles. The number of amides is 2. The lowest BCUT2D eigenvalue weighted by molar-refractivity contribution is -0.143. The van der Waals surface area contributed by atoms with Crippen molar-refractivity contribution >= 4 is 23.5 Å². The van der Waals surface area contributed by atoms with Crippen LogP contribution in [0.2, 0.25) is 0 Å². The minimum Gasteiger partial charge on any atom is -0.466 e. The van der Waals surface area contributed by atoms with Crippen molar-refractivity contribution in [2.75, 3.05) is 27.2 Å². The third kappa shape index (κ3) is 4.35. The molecule has 0 saturated heterocycles. The van der Waals surface area contributed by atoms with E-state index in [0.717, 1.165) is 0 Å². The molecular formula is C12H19N3O4. The molecule has 0 aromatic rings. The van der Waals surface area contributed by atoms with Gasteiger partial charge in [0, 0.05) is 33.5 Å². The summed E-state index contributed by atoms with van der Waals surface area (Å²) in [6, 6.07) is 0.